The lowest BCUT2D eigenvalue weighted by Gasteiger charge is -2.25. The molecule has 26 heavy (non-hydrogen) atoms. The summed E-state index contributed by atoms with van der Waals surface area (Å²) in [5.74, 6) is 0.948. The molecule has 5 heteroatoms. The number of nitrogens with zero attached hydrogens (tertiary/aromatic N) is 1. The third-order valence-corrected chi connectivity index (χ3v) is 4.91. The van der Waals surface area contributed by atoms with Crippen LogP contribution in [0.15, 0.2) is 42.6 Å². The first kappa shape index (κ1) is 16.8. The van der Waals surface area contributed by atoms with Crippen molar-refractivity contribution in [1.82, 2.24) is 10.3 Å². The molecular formula is C21H22FN3O. The fraction of sp³-hybridized carbons (Fsp3) is 0.286. The Bertz CT molecular complexity index is 931. The highest BCUT2D eigenvalue weighted by atomic mass is 19.1. The zero-order chi connectivity index (χ0) is 18.1. The van der Waals surface area contributed by atoms with Crippen molar-refractivity contribution >= 4 is 16.6 Å². The number of rotatable bonds is 3. The van der Waals surface area contributed by atoms with Gasteiger partial charge in [0.2, 0.25) is 0 Å². The van der Waals surface area contributed by atoms with Gasteiger partial charge < -0.3 is 15.8 Å². The number of piperidine rings is 1. The van der Waals surface area contributed by atoms with E-state index in [-0.39, 0.29) is 11.9 Å². The molecule has 2 heterocycles. The first-order valence-electron chi connectivity index (χ1n) is 8.94. The number of anilines is 1. The third kappa shape index (κ3) is 3.22. The van der Waals surface area contributed by atoms with Crippen LogP contribution in [-0.4, -0.2) is 24.2 Å². The van der Waals surface area contributed by atoms with Gasteiger partial charge in [-0.1, -0.05) is 12.1 Å². The van der Waals surface area contributed by atoms with E-state index in [0.29, 0.717) is 11.4 Å². The summed E-state index contributed by atoms with van der Waals surface area (Å²) >= 11 is 0. The summed E-state index contributed by atoms with van der Waals surface area (Å²) < 4.78 is 20.8. The lowest BCUT2D eigenvalue weighted by Crippen LogP contribution is -2.34. The summed E-state index contributed by atoms with van der Waals surface area (Å²) in [5, 5.41) is 5.14. The number of aryl methyl sites for hydroxylation is 1. The second-order valence-electron chi connectivity index (χ2n) is 6.80. The molecule has 0 amide bonds. The van der Waals surface area contributed by atoms with Crippen LogP contribution in [0.2, 0.25) is 0 Å². The number of pyridine rings is 1. The van der Waals surface area contributed by atoms with Gasteiger partial charge in [-0.15, -0.1) is 0 Å². The lowest BCUT2D eigenvalue weighted by atomic mass is 9.97. The van der Waals surface area contributed by atoms with Crippen LogP contribution in [0.4, 0.5) is 10.2 Å². The van der Waals surface area contributed by atoms with Crippen molar-refractivity contribution in [2.75, 3.05) is 18.8 Å². The first-order valence-corrected chi connectivity index (χ1v) is 8.94. The normalized spacial score (nSPS) is 15.3. The SMILES string of the molecule is Cc1cccc(F)c1-c1cc(OC2CCNCC2)c2cc(N)ncc2c1. The molecule has 4 nitrogen and oxygen atoms in total. The Morgan fingerprint density at radius 1 is 1.19 bits per heavy atom. The molecule has 3 aromatic rings. The number of benzene rings is 2. The molecule has 1 aliphatic rings. The number of fused-ring (bicyclic) bond motifs is 1. The predicted molar refractivity (Wildman–Crippen MR) is 103 cm³/mol. The standard InChI is InChI=1S/C21H22FN3O/c1-13-3-2-4-18(22)21(13)14-9-15-12-25-20(23)11-17(15)19(10-14)26-16-5-7-24-8-6-16/h2-4,9-12,16,24H,5-8H2,1H3,(H2,23,25). The number of halogens is 1. The van der Waals surface area contributed by atoms with E-state index in [2.05, 4.69) is 10.3 Å². The van der Waals surface area contributed by atoms with Gasteiger partial charge in [0, 0.05) is 22.5 Å². The zero-order valence-corrected chi connectivity index (χ0v) is 14.8. The molecule has 1 fully saturated rings. The Hall–Kier alpha value is -2.66. The maximum atomic E-state index is 14.5. The molecule has 1 aliphatic heterocycles. The van der Waals surface area contributed by atoms with Crippen molar-refractivity contribution in [3.63, 3.8) is 0 Å². The lowest BCUT2D eigenvalue weighted by molar-refractivity contribution is 0.164. The highest BCUT2D eigenvalue weighted by molar-refractivity contribution is 5.94. The van der Waals surface area contributed by atoms with Crippen LogP contribution in [0.25, 0.3) is 21.9 Å². The molecule has 0 spiro atoms. The van der Waals surface area contributed by atoms with Crippen LogP contribution in [-0.2, 0) is 0 Å². The Morgan fingerprint density at radius 3 is 2.77 bits per heavy atom. The minimum Gasteiger partial charge on any atom is -0.490 e. The van der Waals surface area contributed by atoms with Crippen LogP contribution < -0.4 is 15.8 Å². The molecule has 0 bridgehead atoms. The Kier molecular flexibility index (Phi) is 4.47. The summed E-state index contributed by atoms with van der Waals surface area (Å²) in [6, 6.07) is 10.8. The van der Waals surface area contributed by atoms with Gasteiger partial charge in [0.05, 0.1) is 0 Å². The first-order chi connectivity index (χ1) is 12.6. The van der Waals surface area contributed by atoms with Crippen LogP contribution in [0.5, 0.6) is 5.75 Å². The third-order valence-electron chi connectivity index (χ3n) is 4.91. The second-order valence-corrected chi connectivity index (χ2v) is 6.80. The van der Waals surface area contributed by atoms with Crippen molar-refractivity contribution in [2.24, 2.45) is 0 Å². The van der Waals surface area contributed by atoms with Crippen molar-refractivity contribution in [2.45, 2.75) is 25.9 Å². The van der Waals surface area contributed by atoms with Gasteiger partial charge in [0.15, 0.2) is 0 Å². The molecule has 0 radical (unpaired) electrons. The molecule has 0 aliphatic carbocycles. The number of aromatic nitrogens is 1. The molecule has 0 unspecified atom stereocenters. The minimum absolute atomic E-state index is 0.144. The number of ether oxygens (including phenoxy) is 1. The van der Waals surface area contributed by atoms with Gasteiger partial charge in [0.25, 0.3) is 0 Å². The van der Waals surface area contributed by atoms with E-state index in [1.807, 2.05) is 31.2 Å². The monoisotopic (exact) mass is 351 g/mol. The smallest absolute Gasteiger partial charge is 0.131 e. The van der Waals surface area contributed by atoms with Crippen LogP contribution in [0.3, 0.4) is 0 Å². The highest BCUT2D eigenvalue weighted by Gasteiger charge is 2.18. The topological polar surface area (TPSA) is 60.2 Å². The molecule has 0 saturated carbocycles. The summed E-state index contributed by atoms with van der Waals surface area (Å²) in [4.78, 5) is 4.19. The van der Waals surface area contributed by atoms with Crippen molar-refractivity contribution in [1.29, 1.82) is 0 Å². The van der Waals surface area contributed by atoms with Crippen molar-refractivity contribution < 1.29 is 9.13 Å². The maximum Gasteiger partial charge on any atom is 0.131 e. The molecule has 134 valence electrons. The van der Waals surface area contributed by atoms with Gasteiger partial charge >= 0.3 is 0 Å². The molecule has 1 saturated heterocycles. The van der Waals surface area contributed by atoms with Crippen LogP contribution in [0.1, 0.15) is 18.4 Å². The number of hydrogen-bond donors (Lipinski definition) is 2. The second kappa shape index (κ2) is 6.92. The average molecular weight is 351 g/mol. The van der Waals surface area contributed by atoms with Gasteiger partial charge in [-0.25, -0.2) is 9.37 Å². The summed E-state index contributed by atoms with van der Waals surface area (Å²) in [7, 11) is 0. The summed E-state index contributed by atoms with van der Waals surface area (Å²) in [6.45, 7) is 3.80. The maximum absolute atomic E-state index is 14.5. The molecular weight excluding hydrogens is 329 g/mol. The summed E-state index contributed by atoms with van der Waals surface area (Å²) in [5.41, 5.74) is 8.17. The number of hydrogen-bond acceptors (Lipinski definition) is 4. The van der Waals surface area contributed by atoms with Crippen LogP contribution in [0, 0.1) is 12.7 Å². The van der Waals surface area contributed by atoms with E-state index in [1.54, 1.807) is 12.3 Å². The Morgan fingerprint density at radius 2 is 2.00 bits per heavy atom. The zero-order valence-electron chi connectivity index (χ0n) is 14.8. The number of nitrogens with two attached hydrogens (primary N) is 1. The van der Waals surface area contributed by atoms with Gasteiger partial charge in [-0.05, 0) is 68.2 Å². The van der Waals surface area contributed by atoms with Crippen molar-refractivity contribution in [3.05, 3.63) is 54.0 Å². The van der Waals surface area contributed by atoms with Gasteiger partial charge in [-0.2, -0.15) is 0 Å². The fourth-order valence-electron chi connectivity index (χ4n) is 3.57. The number of nitrogen functional groups attached to an aromatic ring is 1. The Labute approximate surface area is 152 Å². The summed E-state index contributed by atoms with van der Waals surface area (Å²) in [6.07, 6.45) is 3.76. The largest absolute Gasteiger partial charge is 0.490 e. The van der Waals surface area contributed by atoms with Crippen LogP contribution >= 0.6 is 0 Å². The van der Waals surface area contributed by atoms with Crippen molar-refractivity contribution in [3.8, 4) is 16.9 Å². The van der Waals surface area contributed by atoms with E-state index >= 15 is 0 Å². The van der Waals surface area contributed by atoms with E-state index in [4.69, 9.17) is 10.5 Å². The molecule has 2 aromatic carbocycles. The molecule has 1 aromatic heterocycles. The molecule has 4 rings (SSSR count). The molecule has 3 N–H and O–H groups in total. The number of nitrogens with one attached hydrogen (secondary N) is 1. The van der Waals surface area contributed by atoms with E-state index in [9.17, 15) is 4.39 Å². The van der Waals surface area contributed by atoms with Gasteiger partial charge in [-0.3, -0.25) is 0 Å². The quantitative estimate of drug-likeness (QED) is 0.747. The van der Waals surface area contributed by atoms with E-state index in [1.165, 1.54) is 6.07 Å². The molecule has 0 atom stereocenters. The fourth-order valence-corrected chi connectivity index (χ4v) is 3.57. The van der Waals surface area contributed by atoms with E-state index < -0.39 is 0 Å². The highest BCUT2D eigenvalue weighted by Crippen LogP contribution is 2.36. The minimum atomic E-state index is -0.236. The predicted octanol–water partition coefficient (Wildman–Crippen LogP) is 4.06. The van der Waals surface area contributed by atoms with E-state index in [0.717, 1.165) is 53.6 Å². The Balaban J connectivity index is 1.86. The average Bonchev–Trinajstić information content (AvgIpc) is 2.63. The van der Waals surface area contributed by atoms with Gasteiger partial charge in [0.1, 0.15) is 23.5 Å².